The van der Waals surface area contributed by atoms with Gasteiger partial charge in [0.1, 0.15) is 16.7 Å². The van der Waals surface area contributed by atoms with Crippen molar-refractivity contribution in [2.45, 2.75) is 23.5 Å². The molecule has 0 radical (unpaired) electrons. The number of methoxy groups -OCH3 is 1. The minimum atomic E-state index is -4.03. The molecule has 0 aromatic heterocycles. The van der Waals surface area contributed by atoms with E-state index in [1.165, 1.54) is 25.3 Å². The SMILES string of the molecule is COc1cc(N)ccc1S(=O)(=O)N1CC(O)CC1C(N)=O. The van der Waals surface area contributed by atoms with Gasteiger partial charge in [-0.05, 0) is 12.1 Å². The quantitative estimate of drug-likeness (QED) is 0.603. The van der Waals surface area contributed by atoms with Crippen molar-refractivity contribution < 1.29 is 23.1 Å². The lowest BCUT2D eigenvalue weighted by Crippen LogP contribution is -2.43. The van der Waals surface area contributed by atoms with E-state index in [2.05, 4.69) is 0 Å². The molecule has 0 spiro atoms. The number of nitrogens with two attached hydrogens (primary N) is 2. The third kappa shape index (κ3) is 2.80. The Hall–Kier alpha value is -1.84. The number of carbonyl (C=O) groups excluding carboxylic acids is 1. The fourth-order valence-electron chi connectivity index (χ4n) is 2.33. The van der Waals surface area contributed by atoms with Gasteiger partial charge in [0.2, 0.25) is 15.9 Å². The number of hydrogen-bond donors (Lipinski definition) is 3. The molecule has 8 nitrogen and oxygen atoms in total. The molecule has 1 saturated heterocycles. The summed E-state index contributed by atoms with van der Waals surface area (Å²) in [5.41, 5.74) is 11.2. The molecule has 1 heterocycles. The molecule has 1 fully saturated rings. The predicted octanol–water partition coefficient (Wildman–Crippen LogP) is -1.11. The first-order valence-corrected chi connectivity index (χ1v) is 7.64. The number of nitrogen functional groups attached to an aromatic ring is 1. The van der Waals surface area contributed by atoms with Crippen LogP contribution in [0.4, 0.5) is 5.69 Å². The Kier molecular flexibility index (Phi) is 4.08. The molecule has 1 aromatic carbocycles. The van der Waals surface area contributed by atoms with Crippen LogP contribution in [-0.2, 0) is 14.8 Å². The monoisotopic (exact) mass is 315 g/mol. The zero-order chi connectivity index (χ0) is 15.8. The molecule has 9 heteroatoms. The molecule has 2 rings (SSSR count). The molecule has 0 aliphatic carbocycles. The van der Waals surface area contributed by atoms with E-state index in [-0.39, 0.29) is 23.6 Å². The average Bonchev–Trinajstić information content (AvgIpc) is 2.81. The van der Waals surface area contributed by atoms with Crippen molar-refractivity contribution >= 4 is 21.6 Å². The highest BCUT2D eigenvalue weighted by Crippen LogP contribution is 2.32. The van der Waals surface area contributed by atoms with Crippen LogP contribution in [0.5, 0.6) is 5.75 Å². The van der Waals surface area contributed by atoms with Gasteiger partial charge in [0.25, 0.3) is 0 Å². The summed E-state index contributed by atoms with van der Waals surface area (Å²) in [5.74, 6) is -0.732. The van der Waals surface area contributed by atoms with E-state index < -0.39 is 28.1 Å². The number of benzene rings is 1. The van der Waals surface area contributed by atoms with Crippen molar-refractivity contribution in [1.29, 1.82) is 0 Å². The highest BCUT2D eigenvalue weighted by Gasteiger charge is 2.43. The largest absolute Gasteiger partial charge is 0.495 e. The van der Waals surface area contributed by atoms with Gasteiger partial charge in [-0.25, -0.2) is 8.42 Å². The Balaban J connectivity index is 2.49. The van der Waals surface area contributed by atoms with Crippen LogP contribution >= 0.6 is 0 Å². The zero-order valence-electron chi connectivity index (χ0n) is 11.4. The molecular formula is C12H17N3O5S. The Morgan fingerprint density at radius 3 is 2.71 bits per heavy atom. The fraction of sp³-hybridized carbons (Fsp3) is 0.417. The van der Waals surface area contributed by atoms with E-state index in [4.69, 9.17) is 16.2 Å². The van der Waals surface area contributed by atoms with Crippen molar-refractivity contribution in [3.05, 3.63) is 18.2 Å². The van der Waals surface area contributed by atoms with Crippen LogP contribution < -0.4 is 16.2 Å². The smallest absolute Gasteiger partial charge is 0.247 e. The lowest BCUT2D eigenvalue weighted by atomic mass is 10.2. The summed E-state index contributed by atoms with van der Waals surface area (Å²) in [6, 6.07) is 3.01. The number of β-amino-alcohol motifs (C(OH)–C–C–N with tert-alkyl or cyclic N) is 1. The number of amides is 1. The number of hydrogen-bond acceptors (Lipinski definition) is 6. The van der Waals surface area contributed by atoms with Crippen LogP contribution in [0.1, 0.15) is 6.42 Å². The summed E-state index contributed by atoms with van der Waals surface area (Å²) in [5, 5.41) is 9.63. The summed E-state index contributed by atoms with van der Waals surface area (Å²) in [6.07, 6.45) is -0.955. The Morgan fingerprint density at radius 2 is 2.14 bits per heavy atom. The Morgan fingerprint density at radius 1 is 1.48 bits per heavy atom. The van der Waals surface area contributed by atoms with Crippen LogP contribution in [0.15, 0.2) is 23.1 Å². The summed E-state index contributed by atoms with van der Waals surface area (Å²) < 4.78 is 31.3. The second-order valence-corrected chi connectivity index (χ2v) is 6.65. The fourth-order valence-corrected chi connectivity index (χ4v) is 4.11. The number of primary amides is 1. The highest BCUT2D eigenvalue weighted by atomic mass is 32.2. The summed E-state index contributed by atoms with van der Waals surface area (Å²) >= 11 is 0. The van der Waals surface area contributed by atoms with E-state index in [1.807, 2.05) is 0 Å². The molecule has 1 aromatic rings. The van der Waals surface area contributed by atoms with Gasteiger partial charge in [-0.3, -0.25) is 4.79 Å². The van der Waals surface area contributed by atoms with Crippen molar-refractivity contribution in [1.82, 2.24) is 4.31 Å². The summed E-state index contributed by atoms with van der Waals surface area (Å²) in [7, 11) is -2.72. The second kappa shape index (κ2) is 5.51. The molecule has 1 amide bonds. The molecule has 2 atom stereocenters. The number of anilines is 1. The molecule has 116 valence electrons. The molecule has 0 saturated carbocycles. The van der Waals surface area contributed by atoms with Crippen LogP contribution in [0.25, 0.3) is 0 Å². The summed E-state index contributed by atoms with van der Waals surface area (Å²) in [4.78, 5) is 11.3. The number of aliphatic hydroxyl groups excluding tert-OH is 1. The van der Waals surface area contributed by atoms with Crippen LogP contribution in [0.2, 0.25) is 0 Å². The molecule has 1 aliphatic rings. The number of nitrogens with zero attached hydrogens (tertiary/aromatic N) is 1. The normalized spacial score (nSPS) is 23.1. The molecular weight excluding hydrogens is 298 g/mol. The molecule has 5 N–H and O–H groups in total. The number of rotatable bonds is 4. The lowest BCUT2D eigenvalue weighted by Gasteiger charge is -2.22. The molecule has 21 heavy (non-hydrogen) atoms. The standard InChI is InChI=1S/C12H17N3O5S/c1-20-10-4-7(13)2-3-11(10)21(18,19)15-6-8(16)5-9(15)12(14)17/h2-4,8-9,16H,5-6,13H2,1H3,(H2,14,17). The maximum absolute atomic E-state index is 12.7. The van der Waals surface area contributed by atoms with Crippen LogP contribution in [0.3, 0.4) is 0 Å². The van der Waals surface area contributed by atoms with Crippen molar-refractivity contribution in [3.8, 4) is 5.75 Å². The number of carbonyl (C=O) groups is 1. The lowest BCUT2D eigenvalue weighted by molar-refractivity contribution is -0.121. The van der Waals surface area contributed by atoms with Crippen molar-refractivity contribution in [2.75, 3.05) is 19.4 Å². The molecule has 2 unspecified atom stereocenters. The van der Waals surface area contributed by atoms with E-state index in [0.29, 0.717) is 5.69 Å². The Labute approximate surface area is 122 Å². The van der Waals surface area contributed by atoms with E-state index in [1.54, 1.807) is 0 Å². The number of sulfonamides is 1. The van der Waals surface area contributed by atoms with Gasteiger partial charge in [0.15, 0.2) is 0 Å². The van der Waals surface area contributed by atoms with Gasteiger partial charge in [-0.15, -0.1) is 0 Å². The maximum atomic E-state index is 12.7. The van der Waals surface area contributed by atoms with E-state index in [0.717, 1.165) is 4.31 Å². The zero-order valence-corrected chi connectivity index (χ0v) is 12.2. The van der Waals surface area contributed by atoms with Gasteiger partial charge < -0.3 is 21.3 Å². The predicted molar refractivity (Wildman–Crippen MR) is 74.9 cm³/mol. The minimum Gasteiger partial charge on any atom is -0.495 e. The van der Waals surface area contributed by atoms with Gasteiger partial charge in [0, 0.05) is 24.7 Å². The van der Waals surface area contributed by atoms with Crippen LogP contribution in [-0.4, -0.2) is 49.5 Å². The topological polar surface area (TPSA) is 136 Å². The summed E-state index contributed by atoms with van der Waals surface area (Å²) in [6.45, 7) is -0.191. The van der Waals surface area contributed by atoms with Gasteiger partial charge in [-0.1, -0.05) is 0 Å². The third-order valence-electron chi connectivity index (χ3n) is 3.34. The third-order valence-corrected chi connectivity index (χ3v) is 5.25. The first kappa shape index (κ1) is 15.5. The van der Waals surface area contributed by atoms with E-state index in [9.17, 15) is 18.3 Å². The number of ether oxygens (including phenoxy) is 1. The highest BCUT2D eigenvalue weighted by molar-refractivity contribution is 7.89. The second-order valence-electron chi connectivity index (χ2n) is 4.79. The van der Waals surface area contributed by atoms with Crippen molar-refractivity contribution in [3.63, 3.8) is 0 Å². The first-order valence-electron chi connectivity index (χ1n) is 6.20. The Bertz CT molecular complexity index is 661. The van der Waals surface area contributed by atoms with Crippen molar-refractivity contribution in [2.24, 2.45) is 5.73 Å². The van der Waals surface area contributed by atoms with Gasteiger partial charge in [0.05, 0.1) is 13.2 Å². The number of aliphatic hydroxyl groups is 1. The first-order chi connectivity index (χ1) is 9.77. The van der Waals surface area contributed by atoms with Gasteiger partial charge >= 0.3 is 0 Å². The van der Waals surface area contributed by atoms with Gasteiger partial charge in [-0.2, -0.15) is 4.31 Å². The molecule has 1 aliphatic heterocycles. The minimum absolute atomic E-state index is 0.0220. The van der Waals surface area contributed by atoms with Crippen LogP contribution in [0, 0.1) is 0 Å². The average molecular weight is 315 g/mol. The molecule has 0 bridgehead atoms. The maximum Gasteiger partial charge on any atom is 0.247 e. The van der Waals surface area contributed by atoms with E-state index >= 15 is 0 Å².